The van der Waals surface area contributed by atoms with Crippen LogP contribution < -0.4 is 15.4 Å². The number of benzene rings is 1. The third-order valence-electron chi connectivity index (χ3n) is 6.94. The van der Waals surface area contributed by atoms with E-state index in [4.69, 9.17) is 23.7 Å². The van der Waals surface area contributed by atoms with Crippen molar-refractivity contribution in [3.8, 4) is 5.75 Å². The summed E-state index contributed by atoms with van der Waals surface area (Å²) in [4.78, 5) is 34.3. The van der Waals surface area contributed by atoms with Crippen LogP contribution in [0.5, 0.6) is 5.75 Å². The van der Waals surface area contributed by atoms with Crippen molar-refractivity contribution in [2.75, 3.05) is 57.2 Å². The van der Waals surface area contributed by atoms with E-state index in [1.165, 1.54) is 0 Å². The van der Waals surface area contributed by atoms with Gasteiger partial charge in [-0.3, -0.25) is 9.59 Å². The number of ether oxygens (including phenoxy) is 5. The van der Waals surface area contributed by atoms with Crippen LogP contribution in [0.25, 0.3) is 0 Å². The molecule has 0 radical (unpaired) electrons. The van der Waals surface area contributed by atoms with E-state index >= 15 is 0 Å². The van der Waals surface area contributed by atoms with Crippen LogP contribution >= 0.6 is 22.6 Å². The molecule has 1 aromatic rings. The average molecular weight is 771 g/mol. The first-order valence-electron chi connectivity index (χ1n) is 15.3. The fourth-order valence-electron chi connectivity index (χ4n) is 4.43. The molecule has 1 saturated heterocycles. The third-order valence-corrected chi connectivity index (χ3v) is 7.64. The quantitative estimate of drug-likeness (QED) is 0.0407. The first-order valence-corrected chi connectivity index (χ1v) is 16.8. The smallest absolute Gasteiger partial charge is 0.335 e. The van der Waals surface area contributed by atoms with E-state index in [-0.39, 0.29) is 17.6 Å². The van der Waals surface area contributed by atoms with Gasteiger partial charge in [-0.25, -0.2) is 4.79 Å². The van der Waals surface area contributed by atoms with Crippen LogP contribution in [0.15, 0.2) is 18.2 Å². The lowest BCUT2D eigenvalue weighted by Crippen LogP contribution is -2.61. The van der Waals surface area contributed by atoms with Gasteiger partial charge in [0.1, 0.15) is 24.1 Å². The molecular formula is C30H47IN2O13. The van der Waals surface area contributed by atoms with Gasteiger partial charge in [-0.15, -0.1) is 0 Å². The van der Waals surface area contributed by atoms with Crippen LogP contribution in [-0.2, 0) is 46.4 Å². The number of rotatable bonds is 24. The molecule has 7 N–H and O–H groups in total. The minimum absolute atomic E-state index is 0.0142. The number of amides is 2. The minimum Gasteiger partial charge on any atom is -0.479 e. The number of carboxylic acids is 1. The Bertz CT molecular complexity index is 1050. The molecule has 1 aromatic carbocycles. The zero-order valence-corrected chi connectivity index (χ0v) is 28.0. The van der Waals surface area contributed by atoms with E-state index in [0.717, 1.165) is 24.8 Å². The Kier molecular flexibility index (Phi) is 20.2. The number of aliphatic hydroxyl groups excluding tert-OH is 4. The number of carbonyl (C=O) groups is 3. The molecule has 0 spiro atoms. The van der Waals surface area contributed by atoms with Crippen molar-refractivity contribution < 1.29 is 63.6 Å². The summed E-state index contributed by atoms with van der Waals surface area (Å²) in [5.41, 5.74) is 1.27. The number of aliphatic hydroxyl groups is 4. The summed E-state index contributed by atoms with van der Waals surface area (Å²) in [6.45, 7) is 3.19. The Morgan fingerprint density at radius 2 is 1.48 bits per heavy atom. The van der Waals surface area contributed by atoms with Crippen LogP contribution in [0.2, 0.25) is 0 Å². The number of aliphatic carboxylic acids is 1. The van der Waals surface area contributed by atoms with Gasteiger partial charge in [-0.2, -0.15) is 0 Å². The summed E-state index contributed by atoms with van der Waals surface area (Å²) in [6.07, 6.45) is -4.36. The Morgan fingerprint density at radius 3 is 2.15 bits per heavy atom. The van der Waals surface area contributed by atoms with E-state index in [0.29, 0.717) is 82.0 Å². The molecule has 1 aliphatic heterocycles. The van der Waals surface area contributed by atoms with E-state index in [2.05, 4.69) is 10.6 Å². The molecule has 2 rings (SSSR count). The van der Waals surface area contributed by atoms with Crippen molar-refractivity contribution in [3.63, 3.8) is 0 Å². The summed E-state index contributed by atoms with van der Waals surface area (Å²) in [6, 6.07) is 5.01. The summed E-state index contributed by atoms with van der Waals surface area (Å²) in [5, 5.41) is 54.6. The molecule has 0 aliphatic carbocycles. The number of alkyl halides is 1. The second kappa shape index (κ2) is 23.2. The Morgan fingerprint density at radius 1 is 0.804 bits per heavy atom. The van der Waals surface area contributed by atoms with E-state index in [1.54, 1.807) is 18.2 Å². The van der Waals surface area contributed by atoms with Gasteiger partial charge >= 0.3 is 5.97 Å². The van der Waals surface area contributed by atoms with Crippen LogP contribution in [0.1, 0.15) is 43.2 Å². The van der Waals surface area contributed by atoms with Crippen molar-refractivity contribution in [2.45, 2.75) is 75.8 Å². The normalized spacial score (nSPS) is 21.1. The Labute approximate surface area is 282 Å². The number of carbonyl (C=O) groups excluding carboxylic acids is 2. The topological polar surface area (TPSA) is 223 Å². The number of carboxylic acid groups (broad SMARTS) is 1. The SMILES string of the molecule is O=C(CI)NCCCCCC(=O)NCCOCCOCCOCCCc1ccc(O[C@@H]2O[C@H](C(=O)O)[C@@H](O)[C@H](O)[C@H]2O)c(CO)c1. The molecule has 0 unspecified atom stereocenters. The van der Waals surface area contributed by atoms with Crippen LogP contribution in [0, 0.1) is 0 Å². The van der Waals surface area contributed by atoms with Gasteiger partial charge in [0.25, 0.3) is 0 Å². The lowest BCUT2D eigenvalue weighted by atomic mass is 9.99. The molecule has 5 atom stereocenters. The molecule has 0 aromatic heterocycles. The van der Waals surface area contributed by atoms with Gasteiger partial charge in [0.15, 0.2) is 6.10 Å². The summed E-state index contributed by atoms with van der Waals surface area (Å²) in [7, 11) is 0. The van der Waals surface area contributed by atoms with E-state index in [1.807, 2.05) is 22.6 Å². The van der Waals surface area contributed by atoms with Gasteiger partial charge in [0.2, 0.25) is 18.1 Å². The zero-order chi connectivity index (χ0) is 33.7. The summed E-state index contributed by atoms with van der Waals surface area (Å²) < 4.78 is 27.7. The first-order chi connectivity index (χ1) is 22.2. The molecular weight excluding hydrogens is 723 g/mol. The summed E-state index contributed by atoms with van der Waals surface area (Å²) >= 11 is 2.02. The third kappa shape index (κ3) is 15.2. The molecule has 2 amide bonds. The second-order valence-electron chi connectivity index (χ2n) is 10.5. The van der Waals surface area contributed by atoms with Crippen molar-refractivity contribution in [1.82, 2.24) is 10.6 Å². The predicted octanol–water partition coefficient (Wildman–Crippen LogP) is -0.340. The minimum atomic E-state index is -1.83. The monoisotopic (exact) mass is 770 g/mol. The highest BCUT2D eigenvalue weighted by molar-refractivity contribution is 14.1. The summed E-state index contributed by atoms with van der Waals surface area (Å²) in [5.74, 6) is -1.36. The van der Waals surface area contributed by atoms with Gasteiger partial charge in [-0.05, 0) is 43.4 Å². The number of hydrogen-bond acceptors (Lipinski definition) is 12. The number of aryl methyl sites for hydroxylation is 1. The van der Waals surface area contributed by atoms with Crippen molar-refractivity contribution >= 4 is 40.4 Å². The highest BCUT2D eigenvalue weighted by Crippen LogP contribution is 2.28. The van der Waals surface area contributed by atoms with E-state index in [9.17, 15) is 39.9 Å². The van der Waals surface area contributed by atoms with Crippen LogP contribution in [-0.4, -0.2) is 131 Å². The fraction of sp³-hybridized carbons (Fsp3) is 0.700. The van der Waals surface area contributed by atoms with Crippen molar-refractivity contribution in [1.29, 1.82) is 0 Å². The maximum atomic E-state index is 11.8. The molecule has 262 valence electrons. The molecule has 1 fully saturated rings. The van der Waals surface area contributed by atoms with Gasteiger partial charge in [0.05, 0.1) is 44.1 Å². The van der Waals surface area contributed by atoms with E-state index < -0.39 is 43.3 Å². The molecule has 1 aliphatic rings. The zero-order valence-electron chi connectivity index (χ0n) is 25.8. The number of hydrogen-bond donors (Lipinski definition) is 7. The largest absolute Gasteiger partial charge is 0.479 e. The first kappa shape index (κ1) is 40.0. The highest BCUT2D eigenvalue weighted by Gasteiger charge is 2.48. The van der Waals surface area contributed by atoms with Crippen molar-refractivity contribution in [2.24, 2.45) is 0 Å². The van der Waals surface area contributed by atoms with Gasteiger partial charge in [-0.1, -0.05) is 35.1 Å². The molecule has 15 nitrogen and oxygen atoms in total. The molecule has 46 heavy (non-hydrogen) atoms. The molecule has 0 bridgehead atoms. The Hall–Kier alpha value is -2.16. The second-order valence-corrected chi connectivity index (χ2v) is 11.3. The number of nitrogens with one attached hydrogen (secondary N) is 2. The lowest BCUT2D eigenvalue weighted by molar-refractivity contribution is -0.271. The van der Waals surface area contributed by atoms with Gasteiger partial charge in [0, 0.05) is 31.7 Å². The fourth-order valence-corrected chi connectivity index (χ4v) is 4.70. The maximum absolute atomic E-state index is 11.8. The number of unbranched alkanes of at least 4 members (excludes halogenated alkanes) is 2. The standard InChI is InChI=1S/C30H47IN2O13/c31-18-24(36)32-9-3-1-2-6-23(35)33-10-12-43-14-16-44-15-13-42-11-4-5-20-7-8-22(21(17-20)19-34)45-30-27(39)25(37)26(38)28(46-30)29(40)41/h7-8,17,25-28,30,34,37-39H,1-6,9-16,18-19H2,(H,32,36)(H,33,35)(H,40,41)/t25-,26-,27+,28-,30+/m0/s1. The van der Waals surface area contributed by atoms with Crippen LogP contribution in [0.4, 0.5) is 0 Å². The number of halogens is 1. The molecule has 1 heterocycles. The van der Waals surface area contributed by atoms with Gasteiger partial charge < -0.3 is 59.9 Å². The van der Waals surface area contributed by atoms with Crippen molar-refractivity contribution in [3.05, 3.63) is 29.3 Å². The lowest BCUT2D eigenvalue weighted by Gasteiger charge is -2.38. The Balaban J connectivity index is 1.49. The highest BCUT2D eigenvalue weighted by atomic mass is 127. The average Bonchev–Trinajstić information content (AvgIpc) is 3.05. The molecule has 0 saturated carbocycles. The predicted molar refractivity (Wildman–Crippen MR) is 171 cm³/mol. The van der Waals surface area contributed by atoms with Crippen LogP contribution in [0.3, 0.4) is 0 Å². The maximum Gasteiger partial charge on any atom is 0.335 e. The molecule has 16 heteroatoms.